The van der Waals surface area contributed by atoms with Crippen LogP contribution < -0.4 is 0 Å². The zero-order chi connectivity index (χ0) is 13.2. The van der Waals surface area contributed by atoms with Gasteiger partial charge in [0, 0.05) is 21.6 Å². The highest BCUT2D eigenvalue weighted by molar-refractivity contribution is 6.30. The maximum atomic E-state index is 5.88. The molecular weight excluding hydrogens is 254 g/mol. The van der Waals surface area contributed by atoms with Crippen molar-refractivity contribution in [2.45, 2.75) is 6.92 Å². The standard InChI is InChI=1S/C17H14ClN/c1-12-15-4-2-3-5-17(15)19-16(12)11-8-13-6-9-14(18)10-7-13/h2-11,19H,1H3. The maximum Gasteiger partial charge on any atom is 0.0461 e. The molecule has 0 unspecified atom stereocenters. The zero-order valence-electron chi connectivity index (χ0n) is 10.7. The lowest BCUT2D eigenvalue weighted by Gasteiger charge is -1.94. The largest absolute Gasteiger partial charge is 0.355 e. The molecule has 0 fully saturated rings. The highest BCUT2D eigenvalue weighted by Gasteiger charge is 2.03. The van der Waals surface area contributed by atoms with Crippen LogP contribution in [0, 0.1) is 6.92 Å². The van der Waals surface area contributed by atoms with Gasteiger partial charge in [0.15, 0.2) is 0 Å². The summed E-state index contributed by atoms with van der Waals surface area (Å²) in [5, 5.41) is 2.04. The summed E-state index contributed by atoms with van der Waals surface area (Å²) in [5.74, 6) is 0. The molecule has 19 heavy (non-hydrogen) atoms. The molecule has 3 aromatic rings. The summed E-state index contributed by atoms with van der Waals surface area (Å²) in [6.45, 7) is 2.14. The Bertz CT molecular complexity index is 736. The van der Waals surface area contributed by atoms with Gasteiger partial charge in [-0.3, -0.25) is 0 Å². The van der Waals surface area contributed by atoms with Gasteiger partial charge in [0.05, 0.1) is 0 Å². The van der Waals surface area contributed by atoms with Gasteiger partial charge in [-0.2, -0.15) is 0 Å². The summed E-state index contributed by atoms with van der Waals surface area (Å²) < 4.78 is 0. The van der Waals surface area contributed by atoms with Crippen molar-refractivity contribution in [2.24, 2.45) is 0 Å². The van der Waals surface area contributed by atoms with Crippen molar-refractivity contribution in [1.29, 1.82) is 0 Å². The van der Waals surface area contributed by atoms with Gasteiger partial charge < -0.3 is 4.98 Å². The molecule has 0 saturated carbocycles. The second-order valence-electron chi connectivity index (χ2n) is 4.59. The molecule has 0 saturated heterocycles. The number of nitrogens with one attached hydrogen (secondary N) is 1. The lowest BCUT2D eigenvalue weighted by molar-refractivity contribution is 1.38. The summed E-state index contributed by atoms with van der Waals surface area (Å²) in [7, 11) is 0. The number of fused-ring (bicyclic) bond motifs is 1. The third-order valence-electron chi connectivity index (χ3n) is 3.32. The fourth-order valence-corrected chi connectivity index (χ4v) is 2.35. The Balaban J connectivity index is 1.97. The first-order valence-corrected chi connectivity index (χ1v) is 6.63. The number of H-pyrrole nitrogens is 1. The van der Waals surface area contributed by atoms with Crippen LogP contribution in [0.4, 0.5) is 0 Å². The monoisotopic (exact) mass is 267 g/mol. The molecule has 0 bridgehead atoms. The summed E-state index contributed by atoms with van der Waals surface area (Å²) in [6.07, 6.45) is 4.20. The number of para-hydroxylation sites is 1. The van der Waals surface area contributed by atoms with Gasteiger partial charge in [0.25, 0.3) is 0 Å². The first-order chi connectivity index (χ1) is 9.24. The molecule has 0 spiro atoms. The Morgan fingerprint density at radius 2 is 1.68 bits per heavy atom. The fourth-order valence-electron chi connectivity index (χ4n) is 2.22. The number of benzene rings is 2. The molecule has 1 nitrogen and oxygen atoms in total. The molecule has 1 heterocycles. The highest BCUT2D eigenvalue weighted by Crippen LogP contribution is 2.23. The van der Waals surface area contributed by atoms with E-state index in [9.17, 15) is 0 Å². The van der Waals surface area contributed by atoms with Gasteiger partial charge in [-0.15, -0.1) is 0 Å². The number of rotatable bonds is 2. The van der Waals surface area contributed by atoms with Gasteiger partial charge in [0.2, 0.25) is 0 Å². The molecule has 0 atom stereocenters. The van der Waals surface area contributed by atoms with Crippen LogP contribution in [0.15, 0.2) is 48.5 Å². The molecule has 1 aromatic heterocycles. The van der Waals surface area contributed by atoms with Gasteiger partial charge in [-0.25, -0.2) is 0 Å². The van der Waals surface area contributed by atoms with Gasteiger partial charge in [0.1, 0.15) is 0 Å². The second kappa shape index (κ2) is 4.94. The maximum absolute atomic E-state index is 5.88. The minimum Gasteiger partial charge on any atom is -0.355 e. The number of hydrogen-bond donors (Lipinski definition) is 1. The zero-order valence-corrected chi connectivity index (χ0v) is 11.4. The second-order valence-corrected chi connectivity index (χ2v) is 5.03. The van der Waals surface area contributed by atoms with Gasteiger partial charge in [-0.05, 0) is 42.3 Å². The third kappa shape index (κ3) is 2.42. The van der Waals surface area contributed by atoms with E-state index in [1.54, 1.807) is 0 Å². The van der Waals surface area contributed by atoms with Crippen LogP contribution in [0.5, 0.6) is 0 Å². The smallest absolute Gasteiger partial charge is 0.0461 e. The summed E-state index contributed by atoms with van der Waals surface area (Å²) in [5.41, 5.74) is 4.75. The van der Waals surface area contributed by atoms with Crippen molar-refractivity contribution in [2.75, 3.05) is 0 Å². The van der Waals surface area contributed by atoms with Gasteiger partial charge in [-0.1, -0.05) is 48.0 Å². The fraction of sp³-hybridized carbons (Fsp3) is 0.0588. The number of aryl methyl sites for hydroxylation is 1. The predicted octanol–water partition coefficient (Wildman–Crippen LogP) is 5.30. The van der Waals surface area contributed by atoms with Crippen molar-refractivity contribution in [1.82, 2.24) is 4.98 Å². The average molecular weight is 268 g/mol. The van der Waals surface area contributed by atoms with Crippen molar-refractivity contribution >= 4 is 34.7 Å². The van der Waals surface area contributed by atoms with E-state index in [0.29, 0.717) is 0 Å². The van der Waals surface area contributed by atoms with E-state index in [4.69, 9.17) is 11.6 Å². The van der Waals surface area contributed by atoms with Gasteiger partial charge >= 0.3 is 0 Å². The number of aromatic amines is 1. The Labute approximate surface area is 117 Å². The molecule has 0 radical (unpaired) electrons. The molecule has 0 aliphatic carbocycles. The molecule has 3 rings (SSSR count). The molecular formula is C17H14ClN. The first-order valence-electron chi connectivity index (χ1n) is 6.25. The van der Waals surface area contributed by atoms with Crippen LogP contribution in [0.2, 0.25) is 5.02 Å². The molecule has 94 valence electrons. The van der Waals surface area contributed by atoms with E-state index in [-0.39, 0.29) is 0 Å². The van der Waals surface area contributed by atoms with Crippen molar-refractivity contribution < 1.29 is 0 Å². The minimum absolute atomic E-state index is 0.763. The molecule has 1 N–H and O–H groups in total. The summed E-state index contributed by atoms with van der Waals surface area (Å²) in [4.78, 5) is 3.43. The van der Waals surface area contributed by atoms with E-state index in [0.717, 1.165) is 16.3 Å². The third-order valence-corrected chi connectivity index (χ3v) is 3.57. The average Bonchev–Trinajstić information content (AvgIpc) is 2.76. The predicted molar refractivity (Wildman–Crippen MR) is 83.4 cm³/mol. The van der Waals surface area contributed by atoms with E-state index in [1.807, 2.05) is 30.3 Å². The topological polar surface area (TPSA) is 15.8 Å². The Morgan fingerprint density at radius 3 is 2.42 bits per heavy atom. The first kappa shape index (κ1) is 12.1. The molecule has 0 aliphatic heterocycles. The summed E-state index contributed by atoms with van der Waals surface area (Å²) in [6, 6.07) is 16.2. The molecule has 0 amide bonds. The van der Waals surface area contributed by atoms with E-state index in [2.05, 4.69) is 42.3 Å². The van der Waals surface area contributed by atoms with Crippen LogP contribution in [0.25, 0.3) is 23.1 Å². The molecule has 2 aromatic carbocycles. The van der Waals surface area contributed by atoms with Crippen LogP contribution in [0.3, 0.4) is 0 Å². The Kier molecular flexibility index (Phi) is 3.14. The lowest BCUT2D eigenvalue weighted by atomic mass is 10.1. The van der Waals surface area contributed by atoms with Crippen molar-refractivity contribution in [3.8, 4) is 0 Å². The van der Waals surface area contributed by atoms with E-state index < -0.39 is 0 Å². The normalized spacial score (nSPS) is 11.5. The lowest BCUT2D eigenvalue weighted by Crippen LogP contribution is -1.75. The number of aromatic nitrogens is 1. The SMILES string of the molecule is Cc1c(C=Cc2ccc(Cl)cc2)[nH]c2ccccc12. The summed E-state index contributed by atoms with van der Waals surface area (Å²) >= 11 is 5.88. The Hall–Kier alpha value is -1.99. The molecule has 2 heteroatoms. The van der Waals surface area contributed by atoms with Crippen LogP contribution >= 0.6 is 11.6 Å². The number of halogens is 1. The Morgan fingerprint density at radius 1 is 0.947 bits per heavy atom. The van der Waals surface area contributed by atoms with E-state index in [1.165, 1.54) is 16.5 Å². The van der Waals surface area contributed by atoms with Crippen molar-refractivity contribution in [3.63, 3.8) is 0 Å². The minimum atomic E-state index is 0.763. The highest BCUT2D eigenvalue weighted by atomic mass is 35.5. The van der Waals surface area contributed by atoms with Crippen LogP contribution in [-0.2, 0) is 0 Å². The van der Waals surface area contributed by atoms with E-state index >= 15 is 0 Å². The van der Waals surface area contributed by atoms with Crippen LogP contribution in [0.1, 0.15) is 16.8 Å². The van der Waals surface area contributed by atoms with Crippen LogP contribution in [-0.4, -0.2) is 4.98 Å². The quantitative estimate of drug-likeness (QED) is 0.648. The number of hydrogen-bond acceptors (Lipinski definition) is 0. The van der Waals surface area contributed by atoms with Crippen molar-refractivity contribution in [3.05, 3.63) is 70.4 Å². The molecule has 0 aliphatic rings.